The van der Waals surface area contributed by atoms with Gasteiger partial charge in [0, 0.05) is 50.9 Å². The van der Waals surface area contributed by atoms with Crippen LogP contribution in [0.5, 0.6) is 0 Å². The van der Waals surface area contributed by atoms with Crippen molar-refractivity contribution in [1.82, 2.24) is 15.1 Å². The second kappa shape index (κ2) is 7.87. The van der Waals surface area contributed by atoms with E-state index in [0.717, 1.165) is 37.8 Å². The number of carbonyl (C=O) groups excluding carboxylic acids is 1. The van der Waals surface area contributed by atoms with Crippen molar-refractivity contribution in [2.45, 2.75) is 0 Å². The zero-order valence-electron chi connectivity index (χ0n) is 15.1. The second-order valence-electron chi connectivity index (χ2n) is 6.66. The lowest BCUT2D eigenvalue weighted by Gasteiger charge is -2.36. The van der Waals surface area contributed by atoms with Crippen molar-refractivity contribution in [3.63, 3.8) is 0 Å². The molecule has 0 unspecified atom stereocenters. The van der Waals surface area contributed by atoms with Crippen molar-refractivity contribution in [2.24, 2.45) is 0 Å². The average molecular weight is 371 g/mol. The highest BCUT2D eigenvalue weighted by atomic mass is 19.1. The summed E-state index contributed by atoms with van der Waals surface area (Å²) in [6.07, 6.45) is 1.78. The molecule has 4 rings (SSSR count). The summed E-state index contributed by atoms with van der Waals surface area (Å²) in [5.74, 6) is 0.422. The Kier molecular flexibility index (Phi) is 5.15. The topological polar surface area (TPSA) is 61.8 Å². The number of amides is 1. The molecule has 142 valence electrons. The number of aromatic nitrogens is 2. The minimum Gasteiger partial charge on any atom is -0.378 e. The van der Waals surface area contributed by atoms with Gasteiger partial charge < -0.3 is 19.4 Å². The molecule has 2 aliphatic heterocycles. The van der Waals surface area contributed by atoms with Gasteiger partial charge in [0.1, 0.15) is 5.82 Å². The highest BCUT2D eigenvalue weighted by Gasteiger charge is 2.24. The molecule has 3 heterocycles. The van der Waals surface area contributed by atoms with E-state index in [2.05, 4.69) is 26.1 Å². The third kappa shape index (κ3) is 4.00. The Bertz CT molecular complexity index is 787. The lowest BCUT2D eigenvalue weighted by atomic mass is 10.2. The van der Waals surface area contributed by atoms with Gasteiger partial charge in [-0.25, -0.2) is 4.39 Å². The fraction of sp³-hybridized carbons (Fsp3) is 0.421. The summed E-state index contributed by atoms with van der Waals surface area (Å²) in [6.45, 7) is 5.72. The molecule has 8 heteroatoms. The molecule has 2 saturated heterocycles. The van der Waals surface area contributed by atoms with Gasteiger partial charge in [0.25, 0.3) is 5.91 Å². The average Bonchev–Trinajstić information content (AvgIpc) is 2.75. The molecule has 1 amide bonds. The minimum absolute atomic E-state index is 0.0669. The van der Waals surface area contributed by atoms with Gasteiger partial charge in [0.15, 0.2) is 5.82 Å². The van der Waals surface area contributed by atoms with Crippen LogP contribution in [0.15, 0.2) is 36.5 Å². The Morgan fingerprint density at radius 3 is 2.37 bits per heavy atom. The molecule has 0 spiro atoms. The Balaban J connectivity index is 1.39. The summed E-state index contributed by atoms with van der Waals surface area (Å²) in [6, 6.07) is 7.74. The van der Waals surface area contributed by atoms with Gasteiger partial charge in [0.2, 0.25) is 0 Å². The van der Waals surface area contributed by atoms with E-state index in [1.165, 1.54) is 24.3 Å². The third-order valence-electron chi connectivity index (χ3n) is 4.99. The number of hydrogen-bond acceptors (Lipinski definition) is 6. The maximum absolute atomic E-state index is 13.0. The first-order chi connectivity index (χ1) is 13.2. The van der Waals surface area contributed by atoms with Gasteiger partial charge in [-0.15, -0.1) is 5.10 Å². The van der Waals surface area contributed by atoms with Gasteiger partial charge in [0.05, 0.1) is 25.1 Å². The highest BCUT2D eigenvalue weighted by Crippen LogP contribution is 2.21. The van der Waals surface area contributed by atoms with Crippen molar-refractivity contribution >= 4 is 17.4 Å². The number of anilines is 2. The van der Waals surface area contributed by atoms with Crippen molar-refractivity contribution in [1.29, 1.82) is 0 Å². The number of nitrogens with zero attached hydrogens (tertiary/aromatic N) is 5. The number of carbonyl (C=O) groups is 1. The Morgan fingerprint density at radius 2 is 1.67 bits per heavy atom. The molecule has 0 radical (unpaired) electrons. The third-order valence-corrected chi connectivity index (χ3v) is 4.99. The van der Waals surface area contributed by atoms with E-state index in [-0.39, 0.29) is 11.7 Å². The quantitative estimate of drug-likeness (QED) is 0.813. The molecule has 27 heavy (non-hydrogen) atoms. The number of piperazine rings is 1. The molecular weight excluding hydrogens is 349 g/mol. The van der Waals surface area contributed by atoms with E-state index in [9.17, 15) is 9.18 Å². The number of hydrogen-bond donors (Lipinski definition) is 0. The first kappa shape index (κ1) is 17.7. The van der Waals surface area contributed by atoms with Crippen LogP contribution >= 0.6 is 0 Å². The standard InChI is InChI=1S/C19H22FN5O2/c20-16-3-1-15(2-4-16)19(26)25-7-5-24(6-8-25)18-13-17(14-21-22-18)23-9-11-27-12-10-23/h1-4,13-14H,5-12H2. The summed E-state index contributed by atoms with van der Waals surface area (Å²) < 4.78 is 18.4. The molecule has 7 nitrogen and oxygen atoms in total. The maximum atomic E-state index is 13.0. The molecule has 2 aromatic rings. The monoisotopic (exact) mass is 371 g/mol. The van der Waals surface area contributed by atoms with Gasteiger partial charge in [-0.05, 0) is 24.3 Å². The number of ether oxygens (including phenoxy) is 1. The lowest BCUT2D eigenvalue weighted by Crippen LogP contribution is -2.49. The summed E-state index contributed by atoms with van der Waals surface area (Å²) in [7, 11) is 0. The lowest BCUT2D eigenvalue weighted by molar-refractivity contribution is 0.0746. The molecule has 1 aromatic carbocycles. The van der Waals surface area contributed by atoms with E-state index in [0.29, 0.717) is 31.7 Å². The summed E-state index contributed by atoms with van der Waals surface area (Å²) in [4.78, 5) is 18.7. The summed E-state index contributed by atoms with van der Waals surface area (Å²) >= 11 is 0. The Labute approximate surface area is 157 Å². The first-order valence-electron chi connectivity index (χ1n) is 9.16. The van der Waals surface area contributed by atoms with Gasteiger partial charge in [-0.3, -0.25) is 4.79 Å². The molecule has 0 saturated carbocycles. The van der Waals surface area contributed by atoms with Crippen molar-refractivity contribution < 1.29 is 13.9 Å². The van der Waals surface area contributed by atoms with E-state index in [4.69, 9.17) is 4.74 Å². The molecule has 0 aliphatic carbocycles. The molecule has 0 atom stereocenters. The predicted octanol–water partition coefficient (Wildman–Crippen LogP) is 1.41. The van der Waals surface area contributed by atoms with Gasteiger partial charge in [-0.2, -0.15) is 5.10 Å². The van der Waals surface area contributed by atoms with Crippen LogP contribution in [-0.2, 0) is 4.74 Å². The van der Waals surface area contributed by atoms with Crippen LogP contribution in [0.25, 0.3) is 0 Å². The van der Waals surface area contributed by atoms with Crippen LogP contribution in [0.2, 0.25) is 0 Å². The van der Waals surface area contributed by atoms with Crippen LogP contribution in [-0.4, -0.2) is 73.5 Å². The van der Waals surface area contributed by atoms with E-state index >= 15 is 0 Å². The SMILES string of the molecule is O=C(c1ccc(F)cc1)N1CCN(c2cc(N3CCOCC3)cnn2)CC1. The highest BCUT2D eigenvalue weighted by molar-refractivity contribution is 5.94. The van der Waals surface area contributed by atoms with Gasteiger partial charge >= 0.3 is 0 Å². The molecule has 0 bridgehead atoms. The number of rotatable bonds is 3. The Morgan fingerprint density at radius 1 is 0.963 bits per heavy atom. The smallest absolute Gasteiger partial charge is 0.253 e. The second-order valence-corrected chi connectivity index (χ2v) is 6.66. The van der Waals surface area contributed by atoms with Crippen molar-refractivity contribution in [3.8, 4) is 0 Å². The summed E-state index contributed by atoms with van der Waals surface area (Å²) in [5.41, 5.74) is 1.56. The van der Waals surface area contributed by atoms with Crippen LogP contribution in [0.1, 0.15) is 10.4 Å². The first-order valence-corrected chi connectivity index (χ1v) is 9.16. The maximum Gasteiger partial charge on any atom is 0.253 e. The summed E-state index contributed by atoms with van der Waals surface area (Å²) in [5, 5.41) is 8.42. The largest absolute Gasteiger partial charge is 0.378 e. The minimum atomic E-state index is -0.338. The molecule has 2 aliphatic rings. The molecule has 2 fully saturated rings. The number of halogens is 1. The number of benzene rings is 1. The molecule has 1 aromatic heterocycles. The van der Waals surface area contributed by atoms with Crippen LogP contribution in [0.4, 0.5) is 15.9 Å². The van der Waals surface area contributed by atoms with E-state index < -0.39 is 0 Å². The zero-order chi connectivity index (χ0) is 18.6. The van der Waals surface area contributed by atoms with Gasteiger partial charge in [-0.1, -0.05) is 0 Å². The molecule has 0 N–H and O–H groups in total. The fourth-order valence-corrected chi connectivity index (χ4v) is 3.41. The van der Waals surface area contributed by atoms with Crippen molar-refractivity contribution in [2.75, 3.05) is 62.3 Å². The zero-order valence-corrected chi connectivity index (χ0v) is 15.1. The van der Waals surface area contributed by atoms with E-state index in [1.54, 1.807) is 11.1 Å². The van der Waals surface area contributed by atoms with Crippen molar-refractivity contribution in [3.05, 3.63) is 47.9 Å². The van der Waals surface area contributed by atoms with Crippen LogP contribution in [0, 0.1) is 5.82 Å². The number of morpholine rings is 1. The van der Waals surface area contributed by atoms with Crippen LogP contribution in [0.3, 0.4) is 0 Å². The normalized spacial score (nSPS) is 17.9. The Hall–Kier alpha value is -2.74. The fourth-order valence-electron chi connectivity index (χ4n) is 3.41. The van der Waals surface area contributed by atoms with Crippen LogP contribution < -0.4 is 9.80 Å². The van der Waals surface area contributed by atoms with E-state index in [1.807, 2.05) is 0 Å². The molecular formula is C19H22FN5O2. The predicted molar refractivity (Wildman–Crippen MR) is 99.6 cm³/mol.